The number of rotatable bonds is 13. The number of Topliss-reactive ketones (excluding diaryl/α,β-unsaturated/α-hetero) is 1. The molecular weight excluding hydrogens is 622 g/mol. The van der Waals surface area contributed by atoms with Gasteiger partial charge >= 0.3 is 11.9 Å². The van der Waals surface area contributed by atoms with Gasteiger partial charge in [0.1, 0.15) is 17.7 Å². The molecule has 3 aromatic rings. The van der Waals surface area contributed by atoms with Gasteiger partial charge in [-0.05, 0) is 35.2 Å². The van der Waals surface area contributed by atoms with Crippen LogP contribution in [0.1, 0.15) is 55.9 Å². The molecule has 0 N–H and O–H groups in total. The number of amides is 1. The number of hydrogen-bond donors (Lipinski definition) is 0. The molecule has 3 aromatic carbocycles. The molecule has 1 saturated heterocycles. The van der Waals surface area contributed by atoms with Gasteiger partial charge in [-0.3, -0.25) is 34.4 Å². The maximum absolute atomic E-state index is 14.3. The number of aliphatic imine (C=N–C) groups is 1. The standard InChI is InChI=1S/C35H33N3O8S/c1-3-4-15-29(40)35(36-20-24-16-18-28(19-17-24)38(43)44)33(42)37-30(27(21-45-23(2)39)22-47-34(35)37)32(41)46-31(25-11-7-5-8-12-25)26-13-9-6-10-14-26/h5-14,16-20,31,34H,3-4,15,21-22H2,1-2H3/t34-,35?/m1/s1. The van der Waals surface area contributed by atoms with E-state index in [1.54, 1.807) is 0 Å². The van der Waals surface area contributed by atoms with E-state index in [0.717, 1.165) is 0 Å². The molecule has 0 aromatic heterocycles. The van der Waals surface area contributed by atoms with Crippen LogP contribution >= 0.6 is 11.8 Å². The van der Waals surface area contributed by atoms with Gasteiger partial charge in [0.05, 0.1) is 4.92 Å². The fourth-order valence-electron chi connectivity index (χ4n) is 5.47. The maximum Gasteiger partial charge on any atom is 0.356 e. The molecule has 2 aliphatic rings. The first-order valence-corrected chi connectivity index (χ1v) is 16.2. The summed E-state index contributed by atoms with van der Waals surface area (Å²) < 4.78 is 11.4. The lowest BCUT2D eigenvalue weighted by Gasteiger charge is -2.54. The Morgan fingerprint density at radius 1 is 1.04 bits per heavy atom. The van der Waals surface area contributed by atoms with Gasteiger partial charge in [0.25, 0.3) is 11.6 Å². The normalized spacial score (nSPS) is 18.9. The zero-order valence-corrected chi connectivity index (χ0v) is 26.7. The zero-order valence-electron chi connectivity index (χ0n) is 25.9. The van der Waals surface area contributed by atoms with Crippen molar-refractivity contribution < 1.29 is 33.6 Å². The predicted molar refractivity (Wildman–Crippen MR) is 176 cm³/mol. The molecule has 0 aliphatic carbocycles. The van der Waals surface area contributed by atoms with Crippen LogP contribution in [0.3, 0.4) is 0 Å². The number of thioether (sulfide) groups is 1. The van der Waals surface area contributed by atoms with Crippen molar-refractivity contribution in [1.82, 2.24) is 4.90 Å². The number of β-lactam (4-membered cyclic amide) rings is 1. The van der Waals surface area contributed by atoms with Crippen molar-refractivity contribution in [3.8, 4) is 0 Å². The lowest BCUT2D eigenvalue weighted by molar-refractivity contribution is -0.384. The highest BCUT2D eigenvalue weighted by Crippen LogP contribution is 2.50. The molecule has 12 heteroatoms. The van der Waals surface area contributed by atoms with Gasteiger partial charge in [0.2, 0.25) is 5.54 Å². The number of carbonyl (C=O) groups excluding carboxylic acids is 4. The van der Waals surface area contributed by atoms with Gasteiger partial charge in [-0.2, -0.15) is 0 Å². The summed E-state index contributed by atoms with van der Waals surface area (Å²) in [4.78, 5) is 70.3. The first kappa shape index (κ1) is 33.3. The van der Waals surface area contributed by atoms with Crippen LogP contribution in [0.25, 0.3) is 0 Å². The van der Waals surface area contributed by atoms with Crippen molar-refractivity contribution >= 4 is 47.3 Å². The van der Waals surface area contributed by atoms with Crippen LogP contribution in [0.5, 0.6) is 0 Å². The van der Waals surface area contributed by atoms with Crippen LogP contribution < -0.4 is 0 Å². The van der Waals surface area contributed by atoms with E-state index in [-0.39, 0.29) is 35.9 Å². The molecule has 1 unspecified atom stereocenters. The number of unbranched alkanes of at least 4 members (excludes halogenated alkanes) is 1. The highest BCUT2D eigenvalue weighted by molar-refractivity contribution is 8.00. The number of nitrogens with zero attached hydrogens (tertiary/aromatic N) is 3. The van der Waals surface area contributed by atoms with Gasteiger partial charge in [-0.25, -0.2) is 4.79 Å². The lowest BCUT2D eigenvalue weighted by atomic mass is 9.80. The van der Waals surface area contributed by atoms with Crippen molar-refractivity contribution in [3.05, 3.63) is 123 Å². The summed E-state index contributed by atoms with van der Waals surface area (Å²) in [6, 6.07) is 23.9. The van der Waals surface area contributed by atoms with E-state index in [1.807, 2.05) is 67.6 Å². The summed E-state index contributed by atoms with van der Waals surface area (Å²) in [5.41, 5.74) is 0.241. The van der Waals surface area contributed by atoms with Crippen LogP contribution in [-0.4, -0.2) is 62.9 Å². The van der Waals surface area contributed by atoms with Crippen LogP contribution in [0.4, 0.5) is 5.69 Å². The van der Waals surface area contributed by atoms with Gasteiger partial charge in [0, 0.05) is 43.0 Å². The van der Waals surface area contributed by atoms with Crippen molar-refractivity contribution in [3.63, 3.8) is 0 Å². The van der Waals surface area contributed by atoms with Crippen molar-refractivity contribution in [2.75, 3.05) is 12.4 Å². The van der Waals surface area contributed by atoms with Crippen molar-refractivity contribution in [2.24, 2.45) is 4.99 Å². The molecule has 2 atom stereocenters. The molecule has 242 valence electrons. The number of non-ortho nitro benzene ring substituents is 1. The smallest absolute Gasteiger partial charge is 0.356 e. The largest absolute Gasteiger partial charge is 0.461 e. The van der Waals surface area contributed by atoms with E-state index in [4.69, 9.17) is 9.47 Å². The molecule has 0 radical (unpaired) electrons. The molecule has 5 rings (SSSR count). The number of fused-ring (bicyclic) bond motifs is 1. The minimum atomic E-state index is -1.82. The summed E-state index contributed by atoms with van der Waals surface area (Å²) in [6.07, 6.45) is 1.90. The minimum absolute atomic E-state index is 0.0821. The Balaban J connectivity index is 1.53. The third-order valence-electron chi connectivity index (χ3n) is 7.90. The van der Waals surface area contributed by atoms with Crippen molar-refractivity contribution in [2.45, 2.75) is 50.1 Å². The third kappa shape index (κ3) is 6.87. The number of ketones is 1. The Hall–Kier alpha value is -5.10. The number of benzene rings is 3. The number of ether oxygens (including phenoxy) is 2. The van der Waals surface area contributed by atoms with E-state index in [1.165, 1.54) is 54.1 Å². The van der Waals surface area contributed by atoms with Gasteiger partial charge in [-0.15, -0.1) is 11.8 Å². The molecule has 0 bridgehead atoms. The summed E-state index contributed by atoms with van der Waals surface area (Å²) in [5, 5.41) is 10.2. The Kier molecular flexibility index (Phi) is 10.3. The van der Waals surface area contributed by atoms with E-state index in [0.29, 0.717) is 35.1 Å². The molecule has 0 saturated carbocycles. The van der Waals surface area contributed by atoms with Gasteiger partial charge in [-0.1, -0.05) is 74.0 Å². The number of esters is 2. The van der Waals surface area contributed by atoms with E-state index in [2.05, 4.69) is 4.99 Å². The summed E-state index contributed by atoms with van der Waals surface area (Å²) in [5.74, 6) is -2.28. The number of nitro groups is 1. The fraction of sp³-hybridized carbons (Fsp3) is 0.286. The zero-order chi connectivity index (χ0) is 33.6. The molecule has 2 aliphatic heterocycles. The summed E-state index contributed by atoms with van der Waals surface area (Å²) in [7, 11) is 0. The van der Waals surface area contributed by atoms with Gasteiger partial charge < -0.3 is 9.47 Å². The Morgan fingerprint density at radius 3 is 2.21 bits per heavy atom. The minimum Gasteiger partial charge on any atom is -0.461 e. The molecule has 11 nitrogen and oxygen atoms in total. The molecule has 0 spiro atoms. The third-order valence-corrected chi connectivity index (χ3v) is 9.29. The van der Waals surface area contributed by atoms with E-state index in [9.17, 15) is 29.3 Å². The Labute approximate surface area is 275 Å². The SMILES string of the molecule is CCCCC(=O)C1(N=Cc2ccc([N+](=O)[O-])cc2)C(=O)N2C(C(=O)OC(c3ccccc3)c3ccccc3)=C(COC(C)=O)CS[C@@H]21. The van der Waals surface area contributed by atoms with Gasteiger partial charge in [0.15, 0.2) is 11.9 Å². The van der Waals surface area contributed by atoms with Crippen LogP contribution in [0, 0.1) is 10.1 Å². The first-order valence-electron chi connectivity index (χ1n) is 15.1. The van der Waals surface area contributed by atoms with E-state index >= 15 is 0 Å². The second kappa shape index (κ2) is 14.5. The number of nitro benzene ring substituents is 1. The monoisotopic (exact) mass is 655 g/mol. The second-order valence-corrected chi connectivity index (χ2v) is 12.1. The predicted octanol–water partition coefficient (Wildman–Crippen LogP) is 5.58. The molecule has 2 heterocycles. The van der Waals surface area contributed by atoms with Crippen LogP contribution in [-0.2, 0) is 28.7 Å². The average molecular weight is 656 g/mol. The van der Waals surface area contributed by atoms with E-state index < -0.39 is 39.8 Å². The lowest BCUT2D eigenvalue weighted by Crippen LogP contribution is -2.76. The fourth-order valence-corrected chi connectivity index (χ4v) is 6.94. The number of carbonyl (C=O) groups is 4. The average Bonchev–Trinajstić information content (AvgIpc) is 3.09. The van der Waals surface area contributed by atoms with Crippen LogP contribution in [0.15, 0.2) is 101 Å². The quantitative estimate of drug-likeness (QED) is 0.0576. The maximum atomic E-state index is 14.3. The summed E-state index contributed by atoms with van der Waals surface area (Å²) in [6.45, 7) is 2.93. The highest BCUT2D eigenvalue weighted by atomic mass is 32.2. The van der Waals surface area contributed by atoms with Crippen molar-refractivity contribution in [1.29, 1.82) is 0 Å². The Morgan fingerprint density at radius 2 is 1.66 bits per heavy atom. The molecular formula is C35H33N3O8S. The van der Waals surface area contributed by atoms with Crippen LogP contribution in [0.2, 0.25) is 0 Å². The molecule has 1 fully saturated rings. The summed E-state index contributed by atoms with van der Waals surface area (Å²) >= 11 is 1.24. The Bertz CT molecular complexity index is 1690. The second-order valence-electron chi connectivity index (χ2n) is 11.1. The first-order chi connectivity index (χ1) is 22.7. The molecule has 47 heavy (non-hydrogen) atoms. The molecule has 1 amide bonds. The highest BCUT2D eigenvalue weighted by Gasteiger charge is 2.68. The number of hydrogen-bond acceptors (Lipinski definition) is 10. The topological polar surface area (TPSA) is 145 Å².